The van der Waals surface area contributed by atoms with Gasteiger partial charge in [-0.3, -0.25) is 0 Å². The molecule has 20 heavy (non-hydrogen) atoms. The van der Waals surface area contributed by atoms with Crippen LogP contribution in [0.3, 0.4) is 0 Å². The van der Waals surface area contributed by atoms with E-state index in [9.17, 15) is 13.9 Å². The van der Waals surface area contributed by atoms with Gasteiger partial charge in [-0.25, -0.2) is 8.78 Å². The van der Waals surface area contributed by atoms with Gasteiger partial charge < -0.3 is 5.11 Å². The molecular formula is C16H13F2IO. The predicted molar refractivity (Wildman–Crippen MR) is 81.8 cm³/mol. The van der Waals surface area contributed by atoms with Gasteiger partial charge in [0.05, 0.1) is 3.42 Å². The Morgan fingerprint density at radius 1 is 0.850 bits per heavy atom. The number of hydrogen-bond acceptors (Lipinski definition) is 1. The smallest absolute Gasteiger partial charge is 0.129 e. The van der Waals surface area contributed by atoms with Crippen LogP contribution in [0.5, 0.6) is 0 Å². The minimum absolute atomic E-state index is 0.319. The van der Waals surface area contributed by atoms with Crippen LogP contribution in [0.2, 0.25) is 0 Å². The topological polar surface area (TPSA) is 20.2 Å². The number of halogens is 3. The van der Waals surface area contributed by atoms with Crippen LogP contribution >= 0.6 is 22.6 Å². The second-order valence-corrected chi connectivity index (χ2v) is 7.25. The fraction of sp³-hybridized carbons (Fsp3) is 0.250. The van der Waals surface area contributed by atoms with Crippen LogP contribution in [0.1, 0.15) is 24.0 Å². The summed E-state index contributed by atoms with van der Waals surface area (Å²) in [5.74, 6) is -0.679. The van der Waals surface area contributed by atoms with Crippen molar-refractivity contribution in [2.24, 2.45) is 0 Å². The summed E-state index contributed by atoms with van der Waals surface area (Å²) in [5, 5.41) is 11.3. The van der Waals surface area contributed by atoms with Crippen LogP contribution in [0.4, 0.5) is 8.78 Å². The Morgan fingerprint density at radius 2 is 1.20 bits per heavy atom. The quantitative estimate of drug-likeness (QED) is 0.620. The summed E-state index contributed by atoms with van der Waals surface area (Å²) in [7, 11) is 0. The van der Waals surface area contributed by atoms with Crippen LogP contribution in [0.15, 0.2) is 48.5 Å². The maximum absolute atomic E-state index is 13.1. The van der Waals surface area contributed by atoms with Crippen LogP contribution < -0.4 is 0 Å². The molecule has 2 aromatic rings. The fourth-order valence-electron chi connectivity index (χ4n) is 2.54. The van der Waals surface area contributed by atoms with Crippen LogP contribution in [0.25, 0.3) is 0 Å². The minimum atomic E-state index is -1.23. The highest BCUT2D eigenvalue weighted by Crippen LogP contribution is 2.59. The Morgan fingerprint density at radius 3 is 1.50 bits per heavy atom. The van der Waals surface area contributed by atoms with E-state index in [1.807, 2.05) is 0 Å². The molecule has 0 aromatic heterocycles. The highest BCUT2D eigenvalue weighted by molar-refractivity contribution is 14.1. The zero-order chi connectivity index (χ0) is 14.4. The van der Waals surface area contributed by atoms with Gasteiger partial charge in [-0.1, -0.05) is 46.9 Å². The first kappa shape index (κ1) is 13.9. The average molecular weight is 386 g/mol. The number of hydrogen-bond donors (Lipinski definition) is 1. The molecule has 4 heteroatoms. The van der Waals surface area contributed by atoms with Gasteiger partial charge in [0, 0.05) is 0 Å². The number of aliphatic hydroxyl groups is 1. The molecule has 0 unspecified atom stereocenters. The van der Waals surface area contributed by atoms with Gasteiger partial charge in [0.2, 0.25) is 0 Å². The summed E-state index contributed by atoms with van der Waals surface area (Å²) in [5.41, 5.74) is 0.0458. The monoisotopic (exact) mass is 386 g/mol. The average Bonchev–Trinajstić information content (AvgIpc) is 3.19. The Bertz CT molecular complexity index is 572. The van der Waals surface area contributed by atoms with Crippen LogP contribution in [-0.2, 0) is 5.60 Å². The Labute approximate surface area is 129 Å². The molecule has 0 amide bonds. The van der Waals surface area contributed by atoms with Gasteiger partial charge >= 0.3 is 0 Å². The number of rotatable bonds is 3. The lowest BCUT2D eigenvalue weighted by Crippen LogP contribution is -2.38. The zero-order valence-electron chi connectivity index (χ0n) is 10.6. The summed E-state index contributed by atoms with van der Waals surface area (Å²) >= 11 is 2.25. The van der Waals surface area contributed by atoms with E-state index in [1.54, 1.807) is 24.3 Å². The molecular weight excluding hydrogens is 373 g/mol. The van der Waals surface area contributed by atoms with E-state index in [0.717, 1.165) is 12.8 Å². The molecule has 0 bridgehead atoms. The molecule has 1 saturated carbocycles. The lowest BCUT2D eigenvalue weighted by molar-refractivity contribution is 0.0752. The third-order valence-corrected chi connectivity index (χ3v) is 5.72. The van der Waals surface area contributed by atoms with Crippen molar-refractivity contribution in [3.63, 3.8) is 0 Å². The standard InChI is InChI=1S/C16H13F2IO/c17-13-5-1-11(2-6-13)16(20,15(19)9-10-15)12-3-7-14(18)8-4-12/h1-8,20H,9-10H2. The molecule has 0 aliphatic heterocycles. The minimum Gasteiger partial charge on any atom is -0.379 e. The van der Waals surface area contributed by atoms with E-state index in [0.29, 0.717) is 11.1 Å². The van der Waals surface area contributed by atoms with E-state index in [-0.39, 0.29) is 15.1 Å². The second kappa shape index (κ2) is 4.77. The van der Waals surface area contributed by atoms with Gasteiger partial charge in [0.25, 0.3) is 0 Å². The molecule has 0 heterocycles. The zero-order valence-corrected chi connectivity index (χ0v) is 12.8. The molecule has 1 nitrogen and oxygen atoms in total. The highest BCUT2D eigenvalue weighted by Gasteiger charge is 2.58. The van der Waals surface area contributed by atoms with E-state index in [2.05, 4.69) is 22.6 Å². The number of alkyl halides is 1. The molecule has 0 radical (unpaired) electrons. The first-order valence-corrected chi connectivity index (χ1v) is 7.47. The first-order valence-electron chi connectivity index (χ1n) is 6.39. The summed E-state index contributed by atoms with van der Waals surface area (Å²) < 4.78 is 25.9. The Balaban J connectivity index is 2.14. The third kappa shape index (κ3) is 2.15. The van der Waals surface area contributed by atoms with Gasteiger partial charge in [0.1, 0.15) is 17.2 Å². The van der Waals surface area contributed by atoms with Crippen molar-refractivity contribution < 1.29 is 13.9 Å². The molecule has 0 spiro atoms. The van der Waals surface area contributed by atoms with Crippen molar-refractivity contribution in [1.29, 1.82) is 0 Å². The maximum Gasteiger partial charge on any atom is 0.129 e. The van der Waals surface area contributed by atoms with Crippen LogP contribution in [0, 0.1) is 11.6 Å². The number of benzene rings is 2. The fourth-order valence-corrected chi connectivity index (χ4v) is 3.43. The molecule has 0 saturated heterocycles. The summed E-state index contributed by atoms with van der Waals surface area (Å²) in [6.45, 7) is 0. The van der Waals surface area contributed by atoms with E-state index < -0.39 is 5.60 Å². The van der Waals surface area contributed by atoms with Crippen LogP contribution in [-0.4, -0.2) is 8.53 Å². The Kier molecular flexibility index (Phi) is 3.33. The molecule has 1 aliphatic carbocycles. The SMILES string of the molecule is OC(c1ccc(F)cc1)(c1ccc(F)cc1)C1(I)CC1. The third-order valence-electron chi connectivity index (χ3n) is 3.86. The van der Waals surface area contributed by atoms with E-state index in [4.69, 9.17) is 0 Å². The van der Waals surface area contributed by atoms with Crippen molar-refractivity contribution in [2.75, 3.05) is 0 Å². The Hall–Kier alpha value is -1.01. The molecule has 0 atom stereocenters. The molecule has 3 rings (SSSR count). The van der Waals surface area contributed by atoms with E-state index >= 15 is 0 Å². The lowest BCUT2D eigenvalue weighted by atomic mass is 9.82. The van der Waals surface area contributed by atoms with Crippen molar-refractivity contribution in [2.45, 2.75) is 21.9 Å². The van der Waals surface area contributed by atoms with Gasteiger partial charge in [0.15, 0.2) is 0 Å². The van der Waals surface area contributed by atoms with Gasteiger partial charge in [-0.15, -0.1) is 0 Å². The molecule has 104 valence electrons. The van der Waals surface area contributed by atoms with Gasteiger partial charge in [-0.05, 0) is 48.2 Å². The van der Waals surface area contributed by atoms with E-state index in [1.165, 1.54) is 24.3 Å². The first-order chi connectivity index (χ1) is 9.46. The second-order valence-electron chi connectivity index (χ2n) is 5.19. The van der Waals surface area contributed by atoms with Crippen molar-refractivity contribution in [3.05, 3.63) is 71.3 Å². The normalized spacial score (nSPS) is 17.0. The predicted octanol–water partition coefficient (Wildman–Crippen LogP) is 4.17. The summed E-state index contributed by atoms with van der Waals surface area (Å²) in [6, 6.07) is 11.7. The summed E-state index contributed by atoms with van der Waals surface area (Å²) in [6.07, 6.45) is 1.75. The molecule has 2 aromatic carbocycles. The molecule has 1 fully saturated rings. The highest BCUT2D eigenvalue weighted by atomic mass is 127. The maximum atomic E-state index is 13.1. The largest absolute Gasteiger partial charge is 0.379 e. The van der Waals surface area contributed by atoms with Crippen molar-refractivity contribution >= 4 is 22.6 Å². The molecule has 1 aliphatic rings. The lowest BCUT2D eigenvalue weighted by Gasteiger charge is -2.34. The van der Waals surface area contributed by atoms with Crippen molar-refractivity contribution in [3.8, 4) is 0 Å². The van der Waals surface area contributed by atoms with Crippen molar-refractivity contribution in [1.82, 2.24) is 0 Å². The summed E-state index contributed by atoms with van der Waals surface area (Å²) in [4.78, 5) is 0. The van der Waals surface area contributed by atoms with Gasteiger partial charge in [-0.2, -0.15) is 0 Å². The molecule has 1 N–H and O–H groups in total.